The second-order valence-corrected chi connectivity index (χ2v) is 6.09. The molecule has 7 nitrogen and oxygen atoms in total. The maximum atomic E-state index is 12.4. The molecule has 4 rings (SSSR count). The van der Waals surface area contributed by atoms with E-state index in [0.717, 1.165) is 26.1 Å². The van der Waals surface area contributed by atoms with Crippen molar-refractivity contribution < 1.29 is 13.6 Å². The van der Waals surface area contributed by atoms with Gasteiger partial charge < -0.3 is 8.83 Å². The molecule has 0 aliphatic carbocycles. The van der Waals surface area contributed by atoms with Gasteiger partial charge in [-0.05, 0) is 30.7 Å². The number of nitrogens with zero attached hydrogens (tertiary/aromatic N) is 3. The molecule has 0 unspecified atom stereocenters. The molecule has 1 aromatic carbocycles. The number of benzene rings is 1. The predicted molar refractivity (Wildman–Crippen MR) is 90.5 cm³/mol. The number of likely N-dealkylation sites (tertiary alicyclic amines) is 1. The van der Waals surface area contributed by atoms with Gasteiger partial charge in [-0.3, -0.25) is 15.0 Å². The third-order valence-corrected chi connectivity index (χ3v) is 4.28. The minimum absolute atomic E-state index is 0.0809. The topological polar surface area (TPSA) is 84.4 Å². The van der Waals surface area contributed by atoms with Gasteiger partial charge in [-0.25, -0.2) is 0 Å². The standard InChI is InChI=1S/C18H18N4O3/c23-16(19-18-21-20-17(25-18)15-7-4-10-24-15)14-8-9-22(12-14)11-13-5-2-1-3-6-13/h1-7,10,14H,8-9,11-12H2,(H,19,21,23)/t14-/m0/s1. The molecule has 3 aromatic rings. The molecule has 1 aliphatic rings. The molecule has 1 N–H and O–H groups in total. The van der Waals surface area contributed by atoms with Crippen molar-refractivity contribution in [2.24, 2.45) is 5.92 Å². The number of amides is 1. The Bertz CT molecular complexity index is 829. The summed E-state index contributed by atoms with van der Waals surface area (Å²) in [5, 5.41) is 10.4. The summed E-state index contributed by atoms with van der Waals surface area (Å²) in [4.78, 5) is 14.7. The normalized spacial score (nSPS) is 17.7. The van der Waals surface area contributed by atoms with E-state index in [2.05, 4.69) is 32.5 Å². The zero-order chi connectivity index (χ0) is 17.1. The van der Waals surface area contributed by atoms with E-state index in [-0.39, 0.29) is 23.7 Å². The summed E-state index contributed by atoms with van der Waals surface area (Å²) in [5.41, 5.74) is 1.25. The number of hydrogen-bond acceptors (Lipinski definition) is 6. The van der Waals surface area contributed by atoms with Crippen LogP contribution in [-0.2, 0) is 11.3 Å². The Morgan fingerprint density at radius 3 is 2.88 bits per heavy atom. The number of aromatic nitrogens is 2. The van der Waals surface area contributed by atoms with Crippen molar-refractivity contribution in [1.82, 2.24) is 15.1 Å². The highest BCUT2D eigenvalue weighted by Gasteiger charge is 2.29. The van der Waals surface area contributed by atoms with E-state index in [1.807, 2.05) is 18.2 Å². The second kappa shape index (κ2) is 6.90. The van der Waals surface area contributed by atoms with Crippen LogP contribution in [0.25, 0.3) is 11.7 Å². The van der Waals surface area contributed by atoms with E-state index in [9.17, 15) is 4.79 Å². The van der Waals surface area contributed by atoms with Crippen LogP contribution < -0.4 is 5.32 Å². The van der Waals surface area contributed by atoms with Crippen LogP contribution in [0.15, 0.2) is 57.6 Å². The van der Waals surface area contributed by atoms with Crippen LogP contribution in [0.1, 0.15) is 12.0 Å². The molecule has 0 saturated carbocycles. The number of carbonyl (C=O) groups excluding carboxylic acids is 1. The largest absolute Gasteiger partial charge is 0.459 e. The average Bonchev–Trinajstić information content (AvgIpc) is 3.37. The Kier molecular flexibility index (Phi) is 4.30. The zero-order valence-electron chi connectivity index (χ0n) is 13.6. The molecule has 1 amide bonds. The third kappa shape index (κ3) is 3.61. The molecule has 128 valence electrons. The third-order valence-electron chi connectivity index (χ3n) is 4.28. The van der Waals surface area contributed by atoms with Crippen LogP contribution in [0.5, 0.6) is 0 Å². The molecule has 2 aromatic heterocycles. The molecule has 25 heavy (non-hydrogen) atoms. The molecule has 1 aliphatic heterocycles. The molecule has 7 heteroatoms. The molecule has 0 radical (unpaired) electrons. The quantitative estimate of drug-likeness (QED) is 0.770. The fourth-order valence-electron chi connectivity index (χ4n) is 3.01. The fourth-order valence-corrected chi connectivity index (χ4v) is 3.01. The lowest BCUT2D eigenvalue weighted by Gasteiger charge is -2.15. The lowest BCUT2D eigenvalue weighted by Crippen LogP contribution is -2.27. The van der Waals surface area contributed by atoms with Gasteiger partial charge in [-0.15, -0.1) is 5.10 Å². The zero-order valence-corrected chi connectivity index (χ0v) is 13.6. The van der Waals surface area contributed by atoms with Gasteiger partial charge in [0.25, 0.3) is 5.89 Å². The highest BCUT2D eigenvalue weighted by Crippen LogP contribution is 2.22. The highest BCUT2D eigenvalue weighted by molar-refractivity contribution is 5.91. The Morgan fingerprint density at radius 2 is 2.08 bits per heavy atom. The summed E-state index contributed by atoms with van der Waals surface area (Å²) in [6.45, 7) is 2.47. The smallest absolute Gasteiger partial charge is 0.322 e. The first kappa shape index (κ1) is 15.6. The minimum atomic E-state index is -0.0924. The number of nitrogens with one attached hydrogen (secondary N) is 1. The minimum Gasteiger partial charge on any atom is -0.459 e. The maximum Gasteiger partial charge on any atom is 0.322 e. The monoisotopic (exact) mass is 338 g/mol. The molecule has 1 fully saturated rings. The first-order valence-electron chi connectivity index (χ1n) is 8.22. The molecule has 0 spiro atoms. The maximum absolute atomic E-state index is 12.4. The Morgan fingerprint density at radius 1 is 1.20 bits per heavy atom. The van der Waals surface area contributed by atoms with Gasteiger partial charge in [0.15, 0.2) is 5.76 Å². The first-order chi connectivity index (χ1) is 12.3. The van der Waals surface area contributed by atoms with Crippen molar-refractivity contribution in [1.29, 1.82) is 0 Å². The number of hydrogen-bond donors (Lipinski definition) is 1. The number of anilines is 1. The van der Waals surface area contributed by atoms with E-state index >= 15 is 0 Å². The molecular formula is C18H18N4O3. The van der Waals surface area contributed by atoms with Crippen molar-refractivity contribution in [2.75, 3.05) is 18.4 Å². The number of furan rings is 1. The van der Waals surface area contributed by atoms with Crippen LogP contribution in [0.4, 0.5) is 6.01 Å². The van der Waals surface area contributed by atoms with Crippen LogP contribution in [0, 0.1) is 5.92 Å². The number of carbonyl (C=O) groups is 1. The van der Waals surface area contributed by atoms with Crippen LogP contribution in [0.3, 0.4) is 0 Å². The average molecular weight is 338 g/mol. The van der Waals surface area contributed by atoms with Gasteiger partial charge in [0.05, 0.1) is 12.2 Å². The lowest BCUT2D eigenvalue weighted by atomic mass is 10.1. The fraction of sp³-hybridized carbons (Fsp3) is 0.278. The van der Waals surface area contributed by atoms with Gasteiger partial charge in [-0.2, -0.15) is 0 Å². The molecule has 3 heterocycles. The molecular weight excluding hydrogens is 320 g/mol. The summed E-state index contributed by atoms with van der Waals surface area (Å²) in [7, 11) is 0. The van der Waals surface area contributed by atoms with Gasteiger partial charge >= 0.3 is 6.01 Å². The predicted octanol–water partition coefficient (Wildman–Crippen LogP) is 2.79. The first-order valence-corrected chi connectivity index (χ1v) is 8.22. The van der Waals surface area contributed by atoms with Crippen LogP contribution in [0.2, 0.25) is 0 Å². The summed E-state index contributed by atoms with van der Waals surface area (Å²) in [6.07, 6.45) is 2.34. The second-order valence-electron chi connectivity index (χ2n) is 6.09. The summed E-state index contributed by atoms with van der Waals surface area (Å²) in [6, 6.07) is 13.8. The van der Waals surface area contributed by atoms with Crippen LogP contribution in [-0.4, -0.2) is 34.1 Å². The Balaban J connectivity index is 1.33. The summed E-state index contributed by atoms with van der Waals surface area (Å²) in [5.74, 6) is 0.549. The van der Waals surface area contributed by atoms with Crippen molar-refractivity contribution >= 4 is 11.9 Å². The highest BCUT2D eigenvalue weighted by atomic mass is 16.4. The molecule has 1 atom stereocenters. The van der Waals surface area contributed by atoms with Crippen molar-refractivity contribution in [2.45, 2.75) is 13.0 Å². The van der Waals surface area contributed by atoms with Crippen molar-refractivity contribution in [3.05, 3.63) is 54.3 Å². The van der Waals surface area contributed by atoms with Gasteiger partial charge in [0.2, 0.25) is 5.91 Å². The van der Waals surface area contributed by atoms with Crippen molar-refractivity contribution in [3.63, 3.8) is 0 Å². The summed E-state index contributed by atoms with van der Waals surface area (Å²) < 4.78 is 10.6. The summed E-state index contributed by atoms with van der Waals surface area (Å²) >= 11 is 0. The molecule has 0 bridgehead atoms. The number of rotatable bonds is 5. The van der Waals surface area contributed by atoms with Gasteiger partial charge in [0, 0.05) is 13.1 Å². The Labute approximate surface area is 144 Å². The van der Waals surface area contributed by atoms with E-state index < -0.39 is 0 Å². The SMILES string of the molecule is O=C(Nc1nnc(-c2ccco2)o1)[C@H]1CCN(Cc2ccccc2)C1. The Hall–Kier alpha value is -2.93. The van der Waals surface area contributed by atoms with Crippen molar-refractivity contribution in [3.8, 4) is 11.7 Å². The molecule has 1 saturated heterocycles. The van der Waals surface area contributed by atoms with E-state index in [0.29, 0.717) is 5.76 Å². The van der Waals surface area contributed by atoms with E-state index in [1.165, 1.54) is 11.8 Å². The lowest BCUT2D eigenvalue weighted by molar-refractivity contribution is -0.119. The van der Waals surface area contributed by atoms with Gasteiger partial charge in [0.1, 0.15) is 0 Å². The van der Waals surface area contributed by atoms with Crippen LogP contribution >= 0.6 is 0 Å². The van der Waals surface area contributed by atoms with E-state index in [1.54, 1.807) is 12.1 Å². The van der Waals surface area contributed by atoms with E-state index in [4.69, 9.17) is 8.83 Å². The van der Waals surface area contributed by atoms with Gasteiger partial charge in [-0.1, -0.05) is 35.4 Å².